The first-order chi connectivity index (χ1) is 8.00. The third-order valence-electron chi connectivity index (χ3n) is 4.04. The van der Waals surface area contributed by atoms with Crippen molar-refractivity contribution < 1.29 is 29.2 Å². The molecule has 1 unspecified atom stereocenters. The largest absolute Gasteiger partial charge is 0.472 e. The van der Waals surface area contributed by atoms with Crippen LogP contribution in [-0.2, 0) is 19.0 Å². The normalized spacial score (nSPS) is 50.8. The number of carbonyl (C=O) groups excluding carboxylic acids is 1. The van der Waals surface area contributed by atoms with Gasteiger partial charge in [-0.25, -0.2) is 4.79 Å². The molecule has 0 aromatic rings. The third-order valence-corrected chi connectivity index (χ3v) is 4.04. The zero-order chi connectivity index (χ0) is 12.4. The van der Waals surface area contributed by atoms with Crippen LogP contribution in [0, 0.1) is 11.8 Å². The highest BCUT2D eigenvalue weighted by molar-refractivity contribution is 5.89. The molecule has 3 rings (SSSR count). The molecule has 0 spiro atoms. The smallest absolute Gasteiger partial charge is 0.337 e. The standard InChI is InChI=1S/C11H14O6/c1-11-6-5(7(12)8(11)17-11)4(9(13)15-2)3-16-10(6)14/h3,5-8,10,12,14H,1-2H3/t5-,6-,7+,8?,10-,11-/m1/s1. The van der Waals surface area contributed by atoms with Gasteiger partial charge in [-0.3, -0.25) is 0 Å². The predicted octanol–water partition coefficient (Wildman–Crippen LogP) is -0.844. The van der Waals surface area contributed by atoms with Crippen molar-refractivity contribution in [1.29, 1.82) is 0 Å². The van der Waals surface area contributed by atoms with Gasteiger partial charge in [0, 0.05) is 5.92 Å². The van der Waals surface area contributed by atoms with E-state index in [0.717, 1.165) is 0 Å². The highest BCUT2D eigenvalue weighted by atomic mass is 16.6. The van der Waals surface area contributed by atoms with E-state index in [1.54, 1.807) is 6.92 Å². The molecule has 2 heterocycles. The first kappa shape index (κ1) is 11.0. The molecule has 6 heteroatoms. The van der Waals surface area contributed by atoms with Crippen LogP contribution >= 0.6 is 0 Å². The van der Waals surface area contributed by atoms with Crippen LogP contribution in [0.15, 0.2) is 11.8 Å². The second-order valence-corrected chi connectivity index (χ2v) is 4.86. The summed E-state index contributed by atoms with van der Waals surface area (Å²) in [7, 11) is 1.27. The molecule has 6 nitrogen and oxygen atoms in total. The van der Waals surface area contributed by atoms with Gasteiger partial charge in [-0.15, -0.1) is 0 Å². The lowest BCUT2D eigenvalue weighted by Gasteiger charge is -2.34. The van der Waals surface area contributed by atoms with Crippen LogP contribution < -0.4 is 0 Å². The van der Waals surface area contributed by atoms with Crippen molar-refractivity contribution in [3.05, 3.63) is 11.8 Å². The van der Waals surface area contributed by atoms with E-state index in [4.69, 9.17) is 9.47 Å². The minimum Gasteiger partial charge on any atom is -0.472 e. The highest BCUT2D eigenvalue weighted by Gasteiger charge is 2.74. The summed E-state index contributed by atoms with van der Waals surface area (Å²) >= 11 is 0. The molecule has 1 saturated carbocycles. The number of hydrogen-bond acceptors (Lipinski definition) is 6. The van der Waals surface area contributed by atoms with Crippen molar-refractivity contribution in [1.82, 2.24) is 0 Å². The Kier molecular flexibility index (Phi) is 2.08. The van der Waals surface area contributed by atoms with Crippen molar-refractivity contribution in [2.24, 2.45) is 11.8 Å². The molecule has 3 aliphatic rings. The van der Waals surface area contributed by atoms with E-state index < -0.39 is 35.8 Å². The maximum Gasteiger partial charge on any atom is 0.337 e. The molecule has 0 aromatic carbocycles. The van der Waals surface area contributed by atoms with Crippen LogP contribution in [0.2, 0.25) is 0 Å². The molecule has 0 amide bonds. The van der Waals surface area contributed by atoms with Gasteiger partial charge in [-0.05, 0) is 6.92 Å². The van der Waals surface area contributed by atoms with Crippen molar-refractivity contribution in [2.45, 2.75) is 31.0 Å². The molecule has 0 radical (unpaired) electrons. The average molecular weight is 242 g/mol. The maximum absolute atomic E-state index is 11.6. The highest BCUT2D eigenvalue weighted by Crippen LogP contribution is 2.60. The van der Waals surface area contributed by atoms with Crippen molar-refractivity contribution in [3.63, 3.8) is 0 Å². The number of aliphatic hydroxyl groups is 2. The number of esters is 1. The zero-order valence-electron chi connectivity index (χ0n) is 9.49. The number of aliphatic hydroxyl groups excluding tert-OH is 2. The van der Waals surface area contributed by atoms with Crippen LogP contribution in [0.5, 0.6) is 0 Å². The Morgan fingerprint density at radius 1 is 1.53 bits per heavy atom. The first-order valence-electron chi connectivity index (χ1n) is 5.48. The number of rotatable bonds is 1. The fourth-order valence-electron chi connectivity index (χ4n) is 3.12. The van der Waals surface area contributed by atoms with Gasteiger partial charge in [-0.1, -0.05) is 0 Å². The molecule has 6 atom stereocenters. The molecule has 1 saturated heterocycles. The monoisotopic (exact) mass is 242 g/mol. The van der Waals surface area contributed by atoms with E-state index in [0.29, 0.717) is 0 Å². The number of ether oxygens (including phenoxy) is 3. The van der Waals surface area contributed by atoms with Gasteiger partial charge in [-0.2, -0.15) is 0 Å². The molecule has 0 aromatic heterocycles. The van der Waals surface area contributed by atoms with Gasteiger partial charge < -0.3 is 24.4 Å². The molecular formula is C11H14O6. The van der Waals surface area contributed by atoms with Gasteiger partial charge in [0.25, 0.3) is 0 Å². The van der Waals surface area contributed by atoms with E-state index in [1.807, 2.05) is 0 Å². The maximum atomic E-state index is 11.6. The van der Waals surface area contributed by atoms with E-state index in [1.165, 1.54) is 13.4 Å². The molecule has 0 bridgehead atoms. The molecule has 2 N–H and O–H groups in total. The van der Waals surface area contributed by atoms with E-state index in [-0.39, 0.29) is 11.7 Å². The van der Waals surface area contributed by atoms with Crippen molar-refractivity contribution in [2.75, 3.05) is 7.11 Å². The molecule has 2 fully saturated rings. The second-order valence-electron chi connectivity index (χ2n) is 4.86. The number of fused-ring (bicyclic) bond motifs is 3. The van der Waals surface area contributed by atoms with Crippen LogP contribution in [0.4, 0.5) is 0 Å². The minimum atomic E-state index is -1.07. The van der Waals surface area contributed by atoms with Gasteiger partial charge in [0.2, 0.25) is 6.29 Å². The summed E-state index contributed by atoms with van der Waals surface area (Å²) in [5.41, 5.74) is -0.357. The summed E-state index contributed by atoms with van der Waals surface area (Å²) in [5, 5.41) is 19.9. The van der Waals surface area contributed by atoms with Gasteiger partial charge in [0.1, 0.15) is 11.7 Å². The average Bonchev–Trinajstić information content (AvgIpc) is 2.94. The number of epoxide rings is 1. The Balaban J connectivity index is 1.98. The quantitative estimate of drug-likeness (QED) is 0.460. The lowest BCUT2D eigenvalue weighted by Crippen LogP contribution is -2.43. The van der Waals surface area contributed by atoms with Crippen molar-refractivity contribution in [3.8, 4) is 0 Å². The summed E-state index contributed by atoms with van der Waals surface area (Å²) in [4.78, 5) is 11.6. The predicted molar refractivity (Wildman–Crippen MR) is 53.5 cm³/mol. The molecule has 2 aliphatic heterocycles. The summed E-state index contributed by atoms with van der Waals surface area (Å²) in [6.45, 7) is 1.80. The van der Waals surface area contributed by atoms with Crippen LogP contribution in [-0.4, -0.2) is 47.4 Å². The molecule has 17 heavy (non-hydrogen) atoms. The lowest BCUT2D eigenvalue weighted by molar-refractivity contribution is -0.157. The number of methoxy groups -OCH3 is 1. The van der Waals surface area contributed by atoms with Gasteiger partial charge in [0.05, 0.1) is 31.0 Å². The number of hydrogen-bond donors (Lipinski definition) is 2. The lowest BCUT2D eigenvalue weighted by atomic mass is 9.81. The first-order valence-corrected chi connectivity index (χ1v) is 5.48. The van der Waals surface area contributed by atoms with Gasteiger partial charge in [0.15, 0.2) is 0 Å². The zero-order valence-corrected chi connectivity index (χ0v) is 9.49. The Bertz CT molecular complexity index is 405. The van der Waals surface area contributed by atoms with Crippen LogP contribution in [0.3, 0.4) is 0 Å². The Morgan fingerprint density at radius 2 is 2.24 bits per heavy atom. The fraction of sp³-hybridized carbons (Fsp3) is 0.727. The summed E-state index contributed by atoms with van der Waals surface area (Å²) < 4.78 is 15.1. The Hall–Kier alpha value is -1.11. The topological polar surface area (TPSA) is 88.5 Å². The van der Waals surface area contributed by atoms with E-state index >= 15 is 0 Å². The molecular weight excluding hydrogens is 228 g/mol. The van der Waals surface area contributed by atoms with E-state index in [2.05, 4.69) is 4.74 Å². The van der Waals surface area contributed by atoms with Gasteiger partial charge >= 0.3 is 5.97 Å². The van der Waals surface area contributed by atoms with Crippen molar-refractivity contribution >= 4 is 5.97 Å². The number of carbonyl (C=O) groups is 1. The van der Waals surface area contributed by atoms with E-state index in [9.17, 15) is 15.0 Å². The SMILES string of the molecule is COC(=O)C1=CO[C@@H](O)[C@H]2[C@@H]1[C@H](O)C1O[C@@]12C. The molecule has 94 valence electrons. The molecule has 1 aliphatic carbocycles. The summed E-state index contributed by atoms with van der Waals surface area (Å²) in [6.07, 6.45) is -1.05. The third kappa shape index (κ3) is 1.23. The second kappa shape index (κ2) is 3.22. The van der Waals surface area contributed by atoms with Crippen LogP contribution in [0.25, 0.3) is 0 Å². The minimum absolute atomic E-state index is 0.257. The van der Waals surface area contributed by atoms with Crippen LogP contribution in [0.1, 0.15) is 6.92 Å². The Morgan fingerprint density at radius 3 is 2.88 bits per heavy atom. The Labute approximate surface area is 97.8 Å². The summed E-state index contributed by atoms with van der Waals surface area (Å²) in [5.74, 6) is -1.48. The fourth-order valence-corrected chi connectivity index (χ4v) is 3.12. The summed E-state index contributed by atoms with van der Waals surface area (Å²) in [6, 6.07) is 0.